The molecule has 0 aliphatic carbocycles. The molecule has 0 saturated carbocycles. The van der Waals surface area contributed by atoms with E-state index in [1.807, 2.05) is 35.2 Å². The number of hydrogen-bond acceptors (Lipinski definition) is 5. The number of amides is 1. The SMILES string of the molecule is Cc1noc(CCC(=O)N(CCCN)Cc2ccccc2)n1.Cl. The smallest absolute Gasteiger partial charge is 0.227 e. The number of carbonyl (C=O) groups excluding carboxylic acids is 1. The molecular weight excluding hydrogens is 316 g/mol. The van der Waals surface area contributed by atoms with Gasteiger partial charge in [0.1, 0.15) is 0 Å². The van der Waals surface area contributed by atoms with Crippen LogP contribution in [0.3, 0.4) is 0 Å². The second-order valence-electron chi connectivity index (χ2n) is 5.18. The van der Waals surface area contributed by atoms with Crippen molar-refractivity contribution in [2.75, 3.05) is 13.1 Å². The van der Waals surface area contributed by atoms with Gasteiger partial charge in [0, 0.05) is 25.9 Å². The van der Waals surface area contributed by atoms with Crippen LogP contribution >= 0.6 is 12.4 Å². The molecule has 0 bridgehead atoms. The standard InChI is InChI=1S/C16H22N4O2.ClH/c1-13-18-15(22-19-13)8-9-16(21)20(11-5-10-17)12-14-6-3-2-4-7-14;/h2-4,6-7H,5,8-12,17H2,1H3;1H. The molecule has 0 fully saturated rings. The molecule has 0 spiro atoms. The van der Waals surface area contributed by atoms with Crippen molar-refractivity contribution in [1.82, 2.24) is 15.0 Å². The molecule has 1 heterocycles. The molecule has 0 aliphatic heterocycles. The Morgan fingerprint density at radius 1 is 1.30 bits per heavy atom. The summed E-state index contributed by atoms with van der Waals surface area (Å²) in [6.45, 7) is 3.59. The summed E-state index contributed by atoms with van der Waals surface area (Å²) in [6, 6.07) is 9.95. The first-order valence-electron chi connectivity index (χ1n) is 7.50. The van der Waals surface area contributed by atoms with Gasteiger partial charge in [-0.3, -0.25) is 4.79 Å². The summed E-state index contributed by atoms with van der Waals surface area (Å²) in [5, 5.41) is 3.73. The van der Waals surface area contributed by atoms with E-state index in [0.717, 1.165) is 12.0 Å². The molecule has 6 nitrogen and oxygen atoms in total. The van der Waals surface area contributed by atoms with Crippen LogP contribution in [0.1, 0.15) is 30.1 Å². The molecule has 2 aromatic rings. The Balaban J connectivity index is 0.00000264. The molecule has 23 heavy (non-hydrogen) atoms. The van der Waals surface area contributed by atoms with Gasteiger partial charge in [0.2, 0.25) is 11.8 Å². The molecule has 2 N–H and O–H groups in total. The molecule has 1 aromatic carbocycles. The van der Waals surface area contributed by atoms with Crippen molar-refractivity contribution >= 4 is 18.3 Å². The van der Waals surface area contributed by atoms with Crippen LogP contribution in [0.15, 0.2) is 34.9 Å². The van der Waals surface area contributed by atoms with Gasteiger partial charge in [-0.25, -0.2) is 0 Å². The van der Waals surface area contributed by atoms with Crippen molar-refractivity contribution in [2.24, 2.45) is 5.73 Å². The van der Waals surface area contributed by atoms with Gasteiger partial charge in [-0.2, -0.15) is 4.98 Å². The van der Waals surface area contributed by atoms with Crippen LogP contribution in [0.5, 0.6) is 0 Å². The second kappa shape index (κ2) is 9.97. The number of halogens is 1. The normalized spacial score (nSPS) is 10.2. The summed E-state index contributed by atoms with van der Waals surface area (Å²) in [6.07, 6.45) is 1.62. The summed E-state index contributed by atoms with van der Waals surface area (Å²) in [7, 11) is 0. The van der Waals surface area contributed by atoms with E-state index in [-0.39, 0.29) is 18.3 Å². The Hall–Kier alpha value is -1.92. The highest BCUT2D eigenvalue weighted by molar-refractivity contribution is 5.85. The van der Waals surface area contributed by atoms with Gasteiger partial charge in [-0.1, -0.05) is 35.5 Å². The van der Waals surface area contributed by atoms with Gasteiger partial charge in [0.25, 0.3) is 0 Å². The predicted octanol–water partition coefficient (Wildman–Crippen LogP) is 2.11. The van der Waals surface area contributed by atoms with Crippen LogP contribution in [0.25, 0.3) is 0 Å². The maximum Gasteiger partial charge on any atom is 0.227 e. The summed E-state index contributed by atoms with van der Waals surface area (Å²) >= 11 is 0. The predicted molar refractivity (Wildman–Crippen MR) is 90.1 cm³/mol. The summed E-state index contributed by atoms with van der Waals surface area (Å²) < 4.78 is 5.04. The second-order valence-corrected chi connectivity index (χ2v) is 5.18. The zero-order valence-electron chi connectivity index (χ0n) is 13.3. The molecule has 126 valence electrons. The highest BCUT2D eigenvalue weighted by Gasteiger charge is 2.15. The van der Waals surface area contributed by atoms with Gasteiger partial charge in [-0.05, 0) is 25.5 Å². The minimum Gasteiger partial charge on any atom is -0.339 e. The number of carbonyl (C=O) groups is 1. The number of aromatic nitrogens is 2. The summed E-state index contributed by atoms with van der Waals surface area (Å²) in [4.78, 5) is 18.4. The molecule has 7 heteroatoms. The van der Waals surface area contributed by atoms with Crippen LogP contribution in [0.4, 0.5) is 0 Å². The van der Waals surface area contributed by atoms with Crippen molar-refractivity contribution in [1.29, 1.82) is 0 Å². The summed E-state index contributed by atoms with van der Waals surface area (Å²) in [5.74, 6) is 1.17. The highest BCUT2D eigenvalue weighted by Crippen LogP contribution is 2.09. The lowest BCUT2D eigenvalue weighted by atomic mass is 10.2. The van der Waals surface area contributed by atoms with E-state index in [1.54, 1.807) is 6.92 Å². The van der Waals surface area contributed by atoms with Crippen molar-refractivity contribution in [3.63, 3.8) is 0 Å². The largest absolute Gasteiger partial charge is 0.339 e. The van der Waals surface area contributed by atoms with Crippen LogP contribution in [0, 0.1) is 6.92 Å². The summed E-state index contributed by atoms with van der Waals surface area (Å²) in [5.41, 5.74) is 6.68. The number of nitrogens with two attached hydrogens (primary N) is 1. The molecule has 0 aliphatic rings. The van der Waals surface area contributed by atoms with Crippen molar-refractivity contribution in [3.05, 3.63) is 47.6 Å². The van der Waals surface area contributed by atoms with E-state index in [9.17, 15) is 4.79 Å². The van der Waals surface area contributed by atoms with E-state index < -0.39 is 0 Å². The lowest BCUT2D eigenvalue weighted by molar-refractivity contribution is -0.131. The number of aryl methyl sites for hydroxylation is 2. The molecule has 0 radical (unpaired) electrons. The van der Waals surface area contributed by atoms with Crippen molar-refractivity contribution in [2.45, 2.75) is 32.7 Å². The molecule has 0 saturated heterocycles. The Bertz CT molecular complexity index is 589. The van der Waals surface area contributed by atoms with Crippen molar-refractivity contribution < 1.29 is 9.32 Å². The van der Waals surface area contributed by atoms with Gasteiger partial charge in [0.15, 0.2) is 5.82 Å². The van der Waals surface area contributed by atoms with E-state index in [2.05, 4.69) is 10.1 Å². The Morgan fingerprint density at radius 2 is 2.04 bits per heavy atom. The molecule has 1 amide bonds. The topological polar surface area (TPSA) is 85.2 Å². The van der Waals surface area contributed by atoms with Crippen LogP contribution in [-0.2, 0) is 17.8 Å². The number of rotatable bonds is 8. The van der Waals surface area contributed by atoms with Gasteiger partial charge in [-0.15, -0.1) is 12.4 Å². The van der Waals surface area contributed by atoms with Crippen LogP contribution in [-0.4, -0.2) is 34.0 Å². The molecule has 2 rings (SSSR count). The maximum atomic E-state index is 12.4. The zero-order valence-corrected chi connectivity index (χ0v) is 14.1. The molecule has 0 unspecified atom stereocenters. The number of hydrogen-bond donors (Lipinski definition) is 1. The minimum absolute atomic E-state index is 0. The highest BCUT2D eigenvalue weighted by atomic mass is 35.5. The Morgan fingerprint density at radius 3 is 2.65 bits per heavy atom. The monoisotopic (exact) mass is 338 g/mol. The lowest BCUT2D eigenvalue weighted by Crippen LogP contribution is -2.32. The third-order valence-corrected chi connectivity index (χ3v) is 3.32. The van der Waals surface area contributed by atoms with E-state index in [0.29, 0.717) is 44.2 Å². The first-order valence-corrected chi connectivity index (χ1v) is 7.50. The fraction of sp³-hybridized carbons (Fsp3) is 0.438. The molecule has 0 atom stereocenters. The average molecular weight is 339 g/mol. The fourth-order valence-electron chi connectivity index (χ4n) is 2.19. The van der Waals surface area contributed by atoms with E-state index >= 15 is 0 Å². The lowest BCUT2D eigenvalue weighted by Gasteiger charge is -2.22. The number of benzene rings is 1. The first-order chi connectivity index (χ1) is 10.7. The average Bonchev–Trinajstić information content (AvgIpc) is 2.95. The van der Waals surface area contributed by atoms with Gasteiger partial charge in [0.05, 0.1) is 0 Å². The minimum atomic E-state index is 0. The van der Waals surface area contributed by atoms with E-state index in [4.69, 9.17) is 10.3 Å². The van der Waals surface area contributed by atoms with Gasteiger partial charge < -0.3 is 15.2 Å². The Kier molecular flexibility index (Phi) is 8.29. The zero-order chi connectivity index (χ0) is 15.8. The third kappa shape index (κ3) is 6.38. The van der Waals surface area contributed by atoms with E-state index in [1.165, 1.54) is 0 Å². The van der Waals surface area contributed by atoms with Crippen LogP contribution in [0.2, 0.25) is 0 Å². The quantitative estimate of drug-likeness (QED) is 0.796. The third-order valence-electron chi connectivity index (χ3n) is 3.32. The maximum absolute atomic E-state index is 12.4. The molecular formula is C16H23ClN4O2. The van der Waals surface area contributed by atoms with Crippen LogP contribution < -0.4 is 5.73 Å². The Labute approximate surface area is 142 Å². The van der Waals surface area contributed by atoms with Gasteiger partial charge >= 0.3 is 0 Å². The number of nitrogens with zero attached hydrogens (tertiary/aromatic N) is 3. The molecule has 1 aromatic heterocycles. The van der Waals surface area contributed by atoms with Crippen molar-refractivity contribution in [3.8, 4) is 0 Å². The fourth-order valence-corrected chi connectivity index (χ4v) is 2.19. The first kappa shape index (κ1) is 19.1.